The van der Waals surface area contributed by atoms with Crippen LogP contribution in [0.4, 0.5) is 0 Å². The zero-order chi connectivity index (χ0) is 13.0. The third-order valence-corrected chi connectivity index (χ3v) is 3.13. The summed E-state index contributed by atoms with van der Waals surface area (Å²) in [5.74, 6) is -0.123. The van der Waals surface area contributed by atoms with Crippen molar-refractivity contribution in [3.8, 4) is 5.69 Å². The van der Waals surface area contributed by atoms with Gasteiger partial charge in [0.05, 0.1) is 18.6 Å². The zero-order valence-electron chi connectivity index (χ0n) is 10.0. The molecule has 94 valence electrons. The lowest BCUT2D eigenvalue weighted by atomic mass is 10.2. The van der Waals surface area contributed by atoms with Crippen LogP contribution in [0.2, 0.25) is 0 Å². The third kappa shape index (κ3) is 2.86. The van der Waals surface area contributed by atoms with Gasteiger partial charge < -0.3 is 4.74 Å². The molecule has 0 aliphatic carbocycles. The van der Waals surface area contributed by atoms with Crippen molar-refractivity contribution < 1.29 is 9.53 Å². The van der Waals surface area contributed by atoms with E-state index < -0.39 is 0 Å². The van der Waals surface area contributed by atoms with Gasteiger partial charge in [0.2, 0.25) is 5.16 Å². The summed E-state index contributed by atoms with van der Waals surface area (Å²) >= 11 is 1.24. The molecule has 0 amide bonds. The number of thioether (sulfide) groups is 1. The number of carbonyl (C=O) groups is 1. The van der Waals surface area contributed by atoms with Gasteiger partial charge in [0.25, 0.3) is 0 Å². The number of hydrogen-bond donors (Lipinski definition) is 0. The van der Waals surface area contributed by atoms with Crippen LogP contribution in [-0.2, 0) is 9.53 Å². The van der Waals surface area contributed by atoms with Gasteiger partial charge in [0.1, 0.15) is 0 Å². The minimum absolute atomic E-state index is 0.183. The summed E-state index contributed by atoms with van der Waals surface area (Å²) < 4.78 is 6.17. The van der Waals surface area contributed by atoms with Crippen LogP contribution < -0.4 is 0 Å². The van der Waals surface area contributed by atoms with E-state index in [0.717, 1.165) is 11.3 Å². The van der Waals surface area contributed by atoms with E-state index in [4.69, 9.17) is 0 Å². The molecule has 1 aromatic carbocycles. The largest absolute Gasteiger partial charge is 0.468 e. The third-order valence-electron chi connectivity index (χ3n) is 2.23. The van der Waals surface area contributed by atoms with E-state index in [1.165, 1.54) is 18.9 Å². The van der Waals surface area contributed by atoms with Crippen molar-refractivity contribution in [3.05, 3.63) is 29.8 Å². The van der Waals surface area contributed by atoms with Crippen LogP contribution in [-0.4, -0.2) is 39.0 Å². The van der Waals surface area contributed by atoms with Crippen molar-refractivity contribution in [2.75, 3.05) is 12.9 Å². The summed E-state index contributed by atoms with van der Waals surface area (Å²) in [6.07, 6.45) is 0. The zero-order valence-corrected chi connectivity index (χ0v) is 10.8. The van der Waals surface area contributed by atoms with Gasteiger partial charge >= 0.3 is 5.97 Å². The summed E-state index contributed by atoms with van der Waals surface area (Å²) in [7, 11) is 1.35. The molecule has 1 heterocycles. The maximum Gasteiger partial charge on any atom is 0.316 e. The molecule has 0 N–H and O–H groups in total. The summed E-state index contributed by atoms with van der Waals surface area (Å²) in [4.78, 5) is 11.1. The van der Waals surface area contributed by atoms with Crippen molar-refractivity contribution in [2.24, 2.45) is 0 Å². The van der Waals surface area contributed by atoms with E-state index in [9.17, 15) is 4.79 Å². The second-order valence-corrected chi connectivity index (χ2v) is 4.52. The van der Waals surface area contributed by atoms with Gasteiger partial charge in [-0.15, -0.1) is 5.10 Å². The van der Waals surface area contributed by atoms with Crippen molar-refractivity contribution in [1.82, 2.24) is 20.2 Å². The first-order chi connectivity index (χ1) is 8.70. The van der Waals surface area contributed by atoms with Crippen molar-refractivity contribution in [2.45, 2.75) is 12.1 Å². The molecule has 0 bridgehead atoms. The van der Waals surface area contributed by atoms with Gasteiger partial charge in [-0.25, -0.2) is 0 Å². The molecule has 0 atom stereocenters. The van der Waals surface area contributed by atoms with E-state index in [1.807, 2.05) is 31.2 Å². The van der Waals surface area contributed by atoms with Gasteiger partial charge in [-0.1, -0.05) is 23.9 Å². The highest BCUT2D eigenvalue weighted by Gasteiger charge is 2.11. The fourth-order valence-electron chi connectivity index (χ4n) is 1.37. The monoisotopic (exact) mass is 264 g/mol. The van der Waals surface area contributed by atoms with Crippen LogP contribution in [0.15, 0.2) is 29.4 Å². The first-order valence-electron chi connectivity index (χ1n) is 5.26. The lowest BCUT2D eigenvalue weighted by molar-refractivity contribution is -0.137. The average Bonchev–Trinajstić information content (AvgIpc) is 2.84. The van der Waals surface area contributed by atoms with Crippen molar-refractivity contribution in [1.29, 1.82) is 0 Å². The van der Waals surface area contributed by atoms with Crippen LogP contribution in [0.3, 0.4) is 0 Å². The maximum atomic E-state index is 11.1. The Morgan fingerprint density at radius 1 is 1.50 bits per heavy atom. The lowest BCUT2D eigenvalue weighted by Gasteiger charge is -2.04. The van der Waals surface area contributed by atoms with Crippen molar-refractivity contribution in [3.63, 3.8) is 0 Å². The normalized spacial score (nSPS) is 10.3. The Labute approximate surface area is 108 Å². The van der Waals surface area contributed by atoms with Gasteiger partial charge in [-0.3, -0.25) is 4.79 Å². The van der Waals surface area contributed by atoms with Crippen LogP contribution >= 0.6 is 11.8 Å². The number of aromatic nitrogens is 4. The Bertz CT molecular complexity index is 555. The molecule has 0 radical (unpaired) electrons. The molecule has 1 aromatic heterocycles. The highest BCUT2D eigenvalue weighted by Crippen LogP contribution is 2.18. The van der Waals surface area contributed by atoms with Gasteiger partial charge in [-0.2, -0.15) is 4.68 Å². The highest BCUT2D eigenvalue weighted by molar-refractivity contribution is 7.99. The lowest BCUT2D eigenvalue weighted by Crippen LogP contribution is -2.05. The summed E-state index contributed by atoms with van der Waals surface area (Å²) in [5.41, 5.74) is 1.99. The van der Waals surface area contributed by atoms with E-state index in [1.54, 1.807) is 4.68 Å². The Balaban J connectivity index is 2.20. The Hall–Kier alpha value is -1.89. The molecule has 0 saturated heterocycles. The summed E-state index contributed by atoms with van der Waals surface area (Å²) in [6.45, 7) is 2.00. The van der Waals surface area contributed by atoms with Crippen molar-refractivity contribution >= 4 is 17.7 Å². The Kier molecular flexibility index (Phi) is 3.93. The van der Waals surface area contributed by atoms with E-state index in [-0.39, 0.29) is 11.7 Å². The number of hydrogen-bond acceptors (Lipinski definition) is 6. The van der Waals surface area contributed by atoms with E-state index >= 15 is 0 Å². The molecule has 0 spiro atoms. The number of tetrazole rings is 1. The SMILES string of the molecule is COC(=O)CSc1nnnn1-c1cccc(C)c1. The smallest absolute Gasteiger partial charge is 0.316 e. The molecule has 7 heteroatoms. The van der Waals surface area contributed by atoms with Gasteiger partial charge in [0.15, 0.2) is 0 Å². The van der Waals surface area contributed by atoms with Crippen LogP contribution in [0, 0.1) is 6.92 Å². The number of methoxy groups -OCH3 is 1. The molecular formula is C11H12N4O2S. The molecule has 0 saturated carbocycles. The molecule has 0 aliphatic heterocycles. The number of aryl methyl sites for hydroxylation is 1. The fraction of sp³-hybridized carbons (Fsp3) is 0.273. The fourth-order valence-corrected chi connectivity index (χ4v) is 2.10. The maximum absolute atomic E-state index is 11.1. The summed E-state index contributed by atoms with van der Waals surface area (Å²) in [6, 6.07) is 7.81. The summed E-state index contributed by atoms with van der Waals surface area (Å²) in [5, 5.41) is 12.0. The first-order valence-corrected chi connectivity index (χ1v) is 6.24. The molecule has 0 unspecified atom stereocenters. The molecule has 18 heavy (non-hydrogen) atoms. The molecule has 2 aromatic rings. The topological polar surface area (TPSA) is 69.9 Å². The van der Waals surface area contributed by atoms with E-state index in [0.29, 0.717) is 5.16 Å². The number of benzene rings is 1. The minimum atomic E-state index is -0.307. The van der Waals surface area contributed by atoms with Crippen LogP contribution in [0.25, 0.3) is 5.69 Å². The molecule has 0 fully saturated rings. The minimum Gasteiger partial charge on any atom is -0.468 e. The van der Waals surface area contributed by atoms with Crippen LogP contribution in [0.1, 0.15) is 5.56 Å². The molecule has 2 rings (SSSR count). The number of nitrogens with zero attached hydrogens (tertiary/aromatic N) is 4. The van der Waals surface area contributed by atoms with E-state index in [2.05, 4.69) is 20.3 Å². The predicted molar refractivity (Wildman–Crippen MR) is 66.6 cm³/mol. The van der Waals surface area contributed by atoms with Gasteiger partial charge in [-0.05, 0) is 35.0 Å². The first kappa shape index (κ1) is 12.6. The molecule has 0 aliphatic rings. The average molecular weight is 264 g/mol. The Morgan fingerprint density at radius 3 is 3.06 bits per heavy atom. The van der Waals surface area contributed by atoms with Crippen LogP contribution in [0.5, 0.6) is 0 Å². The standard InChI is InChI=1S/C11H12N4O2S/c1-8-4-3-5-9(6-8)15-11(12-13-14-15)18-7-10(16)17-2/h3-6H,7H2,1-2H3. The second-order valence-electron chi connectivity index (χ2n) is 3.58. The predicted octanol–water partition coefficient (Wildman–Crippen LogP) is 1.24. The molecule has 6 nitrogen and oxygen atoms in total. The molecular weight excluding hydrogens is 252 g/mol. The number of carbonyl (C=O) groups excluding carboxylic acids is 1. The number of rotatable bonds is 4. The Morgan fingerprint density at radius 2 is 2.33 bits per heavy atom. The number of ether oxygens (including phenoxy) is 1. The van der Waals surface area contributed by atoms with Gasteiger partial charge in [0, 0.05) is 0 Å². The number of esters is 1. The quantitative estimate of drug-likeness (QED) is 0.611. The second kappa shape index (κ2) is 5.63. The highest BCUT2D eigenvalue weighted by atomic mass is 32.2.